The Morgan fingerprint density at radius 1 is 1.63 bits per heavy atom. The summed E-state index contributed by atoms with van der Waals surface area (Å²) in [7, 11) is 3.44. The number of morpholine rings is 1. The number of carbonyl (C=O) groups is 1. The van der Waals surface area contributed by atoms with E-state index in [0.29, 0.717) is 18.8 Å². The van der Waals surface area contributed by atoms with Gasteiger partial charge in [-0.1, -0.05) is 0 Å². The Morgan fingerprint density at radius 2 is 2.42 bits per heavy atom. The molecule has 1 amide bonds. The van der Waals surface area contributed by atoms with Crippen LogP contribution in [0, 0.1) is 0 Å². The Morgan fingerprint density at radius 3 is 3.11 bits per heavy atom. The van der Waals surface area contributed by atoms with E-state index >= 15 is 0 Å². The van der Waals surface area contributed by atoms with Crippen molar-refractivity contribution in [1.29, 1.82) is 0 Å². The van der Waals surface area contributed by atoms with Gasteiger partial charge in [0.05, 0.1) is 12.7 Å². The molecule has 6 heteroatoms. The maximum absolute atomic E-state index is 11.9. The Bertz CT molecular complexity index is 450. The molecule has 0 aliphatic carbocycles. The third-order valence-electron chi connectivity index (χ3n) is 3.14. The predicted octanol–water partition coefficient (Wildman–Crippen LogP) is -0.0527. The molecule has 104 valence electrons. The molecule has 2 rings (SSSR count). The van der Waals surface area contributed by atoms with Crippen LogP contribution >= 0.6 is 0 Å². The van der Waals surface area contributed by atoms with Crippen LogP contribution < -0.4 is 10.6 Å². The molecule has 1 saturated heterocycles. The number of aromatic nitrogens is 1. The van der Waals surface area contributed by atoms with E-state index in [9.17, 15) is 4.79 Å². The van der Waals surface area contributed by atoms with E-state index in [2.05, 4.69) is 9.88 Å². The lowest BCUT2D eigenvalue weighted by atomic mass is 10.2. The SMILES string of the molecule is CN(C)C(=O)c1cc(N2CCOC(CN)C2)ccn1. The van der Waals surface area contributed by atoms with Crippen molar-refractivity contribution in [1.82, 2.24) is 9.88 Å². The molecule has 1 aliphatic rings. The fraction of sp³-hybridized carbons (Fsp3) is 0.538. The Hall–Kier alpha value is -1.66. The highest BCUT2D eigenvalue weighted by Gasteiger charge is 2.20. The van der Waals surface area contributed by atoms with Crippen LogP contribution in [-0.4, -0.2) is 62.2 Å². The van der Waals surface area contributed by atoms with Crippen LogP contribution in [-0.2, 0) is 4.74 Å². The van der Waals surface area contributed by atoms with Crippen LogP contribution in [0.2, 0.25) is 0 Å². The molecule has 1 aromatic heterocycles. The Kier molecular flexibility index (Phi) is 4.34. The molecule has 0 radical (unpaired) electrons. The van der Waals surface area contributed by atoms with Gasteiger partial charge in [0.25, 0.3) is 5.91 Å². The largest absolute Gasteiger partial charge is 0.373 e. The zero-order valence-electron chi connectivity index (χ0n) is 11.4. The van der Waals surface area contributed by atoms with Gasteiger partial charge in [0.15, 0.2) is 0 Å². The third kappa shape index (κ3) is 3.21. The van der Waals surface area contributed by atoms with Crippen LogP contribution in [0.15, 0.2) is 18.3 Å². The summed E-state index contributed by atoms with van der Waals surface area (Å²) >= 11 is 0. The summed E-state index contributed by atoms with van der Waals surface area (Å²) < 4.78 is 5.54. The summed E-state index contributed by atoms with van der Waals surface area (Å²) in [6.45, 7) is 2.71. The number of pyridine rings is 1. The van der Waals surface area contributed by atoms with E-state index in [1.807, 2.05) is 12.1 Å². The average molecular weight is 264 g/mol. The van der Waals surface area contributed by atoms with E-state index in [1.165, 1.54) is 4.90 Å². The van der Waals surface area contributed by atoms with E-state index in [4.69, 9.17) is 10.5 Å². The smallest absolute Gasteiger partial charge is 0.272 e. The van der Waals surface area contributed by atoms with Crippen LogP contribution in [0.1, 0.15) is 10.5 Å². The van der Waals surface area contributed by atoms with Gasteiger partial charge < -0.3 is 20.3 Å². The molecular weight excluding hydrogens is 244 g/mol. The van der Waals surface area contributed by atoms with E-state index < -0.39 is 0 Å². The number of ether oxygens (including phenoxy) is 1. The first-order valence-corrected chi connectivity index (χ1v) is 6.36. The van der Waals surface area contributed by atoms with Gasteiger partial charge in [-0.05, 0) is 12.1 Å². The number of amides is 1. The number of carbonyl (C=O) groups excluding carboxylic acids is 1. The highest BCUT2D eigenvalue weighted by atomic mass is 16.5. The van der Waals surface area contributed by atoms with Crippen molar-refractivity contribution in [2.24, 2.45) is 5.73 Å². The second kappa shape index (κ2) is 5.99. The summed E-state index contributed by atoms with van der Waals surface area (Å²) in [5, 5.41) is 0. The van der Waals surface area contributed by atoms with Gasteiger partial charge in [0.2, 0.25) is 0 Å². The molecule has 1 aliphatic heterocycles. The molecule has 0 saturated carbocycles. The van der Waals surface area contributed by atoms with Gasteiger partial charge in [-0.15, -0.1) is 0 Å². The lowest BCUT2D eigenvalue weighted by molar-refractivity contribution is 0.0465. The first kappa shape index (κ1) is 13.8. The van der Waals surface area contributed by atoms with E-state index in [0.717, 1.165) is 18.8 Å². The van der Waals surface area contributed by atoms with Crippen molar-refractivity contribution >= 4 is 11.6 Å². The third-order valence-corrected chi connectivity index (χ3v) is 3.14. The summed E-state index contributed by atoms with van der Waals surface area (Å²) in [5.41, 5.74) is 7.08. The predicted molar refractivity (Wildman–Crippen MR) is 73.3 cm³/mol. The second-order valence-electron chi connectivity index (χ2n) is 4.77. The molecule has 0 spiro atoms. The topological polar surface area (TPSA) is 71.7 Å². The van der Waals surface area contributed by atoms with Gasteiger partial charge >= 0.3 is 0 Å². The summed E-state index contributed by atoms with van der Waals surface area (Å²) in [4.78, 5) is 19.7. The first-order valence-electron chi connectivity index (χ1n) is 6.36. The zero-order valence-corrected chi connectivity index (χ0v) is 11.4. The monoisotopic (exact) mass is 264 g/mol. The first-order chi connectivity index (χ1) is 9.11. The fourth-order valence-electron chi connectivity index (χ4n) is 2.06. The number of hydrogen-bond acceptors (Lipinski definition) is 5. The normalized spacial score (nSPS) is 19.3. The van der Waals surface area contributed by atoms with Gasteiger partial charge in [0.1, 0.15) is 5.69 Å². The van der Waals surface area contributed by atoms with Crippen molar-refractivity contribution < 1.29 is 9.53 Å². The van der Waals surface area contributed by atoms with Gasteiger partial charge in [-0.25, -0.2) is 0 Å². The summed E-state index contributed by atoms with van der Waals surface area (Å²) in [6, 6.07) is 3.73. The molecule has 1 fully saturated rings. The lowest BCUT2D eigenvalue weighted by Gasteiger charge is -2.34. The van der Waals surface area contributed by atoms with Gasteiger partial charge in [-0.2, -0.15) is 0 Å². The Labute approximate surface area is 113 Å². The van der Waals surface area contributed by atoms with Gasteiger partial charge in [0, 0.05) is 45.6 Å². The van der Waals surface area contributed by atoms with E-state index in [-0.39, 0.29) is 12.0 Å². The number of rotatable bonds is 3. The number of nitrogens with two attached hydrogens (primary N) is 1. The highest BCUT2D eigenvalue weighted by molar-refractivity contribution is 5.92. The molecule has 19 heavy (non-hydrogen) atoms. The van der Waals surface area contributed by atoms with Crippen LogP contribution in [0.5, 0.6) is 0 Å². The van der Waals surface area contributed by atoms with Crippen molar-refractivity contribution in [3.05, 3.63) is 24.0 Å². The zero-order chi connectivity index (χ0) is 13.8. The molecule has 1 atom stereocenters. The minimum Gasteiger partial charge on any atom is -0.373 e. The molecule has 1 aromatic rings. The van der Waals surface area contributed by atoms with Crippen molar-refractivity contribution in [2.75, 3.05) is 45.2 Å². The molecule has 0 bridgehead atoms. The molecule has 6 nitrogen and oxygen atoms in total. The Balaban J connectivity index is 2.16. The van der Waals surface area contributed by atoms with Crippen LogP contribution in [0.3, 0.4) is 0 Å². The van der Waals surface area contributed by atoms with E-state index in [1.54, 1.807) is 20.3 Å². The summed E-state index contributed by atoms with van der Waals surface area (Å²) in [5.74, 6) is -0.0921. The molecule has 2 heterocycles. The number of anilines is 1. The lowest BCUT2D eigenvalue weighted by Crippen LogP contribution is -2.45. The molecule has 2 N–H and O–H groups in total. The fourth-order valence-corrected chi connectivity index (χ4v) is 2.06. The van der Waals surface area contributed by atoms with Gasteiger partial charge in [-0.3, -0.25) is 9.78 Å². The average Bonchev–Trinajstić information content (AvgIpc) is 2.46. The molecule has 1 unspecified atom stereocenters. The standard InChI is InChI=1S/C13H20N4O2/c1-16(2)13(18)12-7-10(3-4-15-12)17-5-6-19-11(8-14)9-17/h3-4,7,11H,5-6,8-9,14H2,1-2H3. The highest BCUT2D eigenvalue weighted by Crippen LogP contribution is 2.18. The maximum atomic E-state index is 11.9. The van der Waals surface area contributed by atoms with Crippen LogP contribution in [0.25, 0.3) is 0 Å². The van der Waals surface area contributed by atoms with Crippen molar-refractivity contribution in [3.8, 4) is 0 Å². The number of hydrogen-bond donors (Lipinski definition) is 1. The minimum absolute atomic E-state index is 0.0508. The number of nitrogens with zero attached hydrogens (tertiary/aromatic N) is 3. The second-order valence-corrected chi connectivity index (χ2v) is 4.77. The molecular formula is C13H20N4O2. The maximum Gasteiger partial charge on any atom is 0.272 e. The quantitative estimate of drug-likeness (QED) is 0.828. The van der Waals surface area contributed by atoms with Crippen molar-refractivity contribution in [3.63, 3.8) is 0 Å². The molecule has 0 aromatic carbocycles. The summed E-state index contributed by atoms with van der Waals surface area (Å²) in [6.07, 6.45) is 1.72. The minimum atomic E-state index is -0.0921. The van der Waals surface area contributed by atoms with Crippen LogP contribution in [0.4, 0.5) is 5.69 Å². The van der Waals surface area contributed by atoms with Crippen molar-refractivity contribution in [2.45, 2.75) is 6.10 Å².